The predicted molar refractivity (Wildman–Crippen MR) is 120 cm³/mol. The molecule has 1 heterocycles. The molecule has 2 aromatic carbocycles. The fraction of sp³-hybridized carbons (Fsp3) is 0.391. The SMILES string of the molecule is Cc1ccc(N(CCC#N)C(=O)CN2CCN(S(=O)(=O)c3ccc(C)cc3)CC2)cc1. The maximum absolute atomic E-state index is 13.0. The van der Waals surface area contributed by atoms with E-state index < -0.39 is 10.0 Å². The Labute approximate surface area is 184 Å². The van der Waals surface area contributed by atoms with Crippen molar-refractivity contribution in [2.45, 2.75) is 25.2 Å². The van der Waals surface area contributed by atoms with E-state index in [1.54, 1.807) is 29.2 Å². The van der Waals surface area contributed by atoms with Gasteiger partial charge in [-0.2, -0.15) is 9.57 Å². The summed E-state index contributed by atoms with van der Waals surface area (Å²) in [4.78, 5) is 16.9. The van der Waals surface area contributed by atoms with Gasteiger partial charge in [0.05, 0.1) is 23.9 Å². The van der Waals surface area contributed by atoms with Gasteiger partial charge in [-0.15, -0.1) is 0 Å². The molecule has 0 atom stereocenters. The Hall–Kier alpha value is -2.73. The summed E-state index contributed by atoms with van der Waals surface area (Å²) < 4.78 is 27.2. The molecule has 3 rings (SSSR count). The molecule has 1 amide bonds. The minimum absolute atomic E-state index is 0.0889. The fourth-order valence-corrected chi connectivity index (χ4v) is 4.97. The van der Waals surface area contributed by atoms with Gasteiger partial charge in [0.2, 0.25) is 15.9 Å². The zero-order chi connectivity index (χ0) is 22.4. The predicted octanol–water partition coefficient (Wildman–Crippen LogP) is 2.56. The van der Waals surface area contributed by atoms with Gasteiger partial charge in [-0.3, -0.25) is 9.69 Å². The third kappa shape index (κ3) is 5.70. The Morgan fingerprint density at radius 1 is 0.968 bits per heavy atom. The van der Waals surface area contributed by atoms with Crippen molar-refractivity contribution < 1.29 is 13.2 Å². The second kappa shape index (κ2) is 10.1. The Morgan fingerprint density at radius 2 is 1.52 bits per heavy atom. The van der Waals surface area contributed by atoms with Crippen molar-refractivity contribution in [2.24, 2.45) is 0 Å². The molecule has 0 N–H and O–H groups in total. The number of anilines is 1. The van der Waals surface area contributed by atoms with Gasteiger partial charge in [0.25, 0.3) is 0 Å². The van der Waals surface area contributed by atoms with Crippen molar-refractivity contribution >= 4 is 21.6 Å². The summed E-state index contributed by atoms with van der Waals surface area (Å²) in [5.41, 5.74) is 2.88. The number of hydrogen-bond acceptors (Lipinski definition) is 5. The molecule has 0 spiro atoms. The number of carbonyl (C=O) groups is 1. The lowest BCUT2D eigenvalue weighted by Crippen LogP contribution is -2.51. The maximum atomic E-state index is 13.0. The number of rotatable bonds is 7. The largest absolute Gasteiger partial charge is 0.310 e. The van der Waals surface area contributed by atoms with Crippen LogP contribution in [0.3, 0.4) is 0 Å². The molecule has 0 bridgehead atoms. The molecule has 8 heteroatoms. The van der Waals surface area contributed by atoms with E-state index in [2.05, 4.69) is 6.07 Å². The number of piperazine rings is 1. The molecular formula is C23H28N4O3S. The van der Waals surface area contributed by atoms with Crippen LogP contribution in [0, 0.1) is 25.2 Å². The van der Waals surface area contributed by atoms with Crippen molar-refractivity contribution in [3.63, 3.8) is 0 Å². The molecule has 1 fully saturated rings. The number of aryl methyl sites for hydroxylation is 2. The number of carbonyl (C=O) groups excluding carboxylic acids is 1. The first kappa shape index (κ1) is 22.9. The van der Waals surface area contributed by atoms with Crippen molar-refractivity contribution in [1.29, 1.82) is 5.26 Å². The first-order valence-corrected chi connectivity index (χ1v) is 11.8. The van der Waals surface area contributed by atoms with Crippen LogP contribution < -0.4 is 4.90 Å². The summed E-state index contributed by atoms with van der Waals surface area (Å²) in [6, 6.07) is 16.6. The van der Waals surface area contributed by atoms with Crippen LogP contribution in [0.2, 0.25) is 0 Å². The zero-order valence-electron chi connectivity index (χ0n) is 18.0. The van der Waals surface area contributed by atoms with Crippen LogP contribution in [0.4, 0.5) is 5.69 Å². The topological polar surface area (TPSA) is 84.7 Å². The lowest BCUT2D eigenvalue weighted by atomic mass is 10.2. The normalized spacial score (nSPS) is 15.4. The van der Waals surface area contributed by atoms with Gasteiger partial charge >= 0.3 is 0 Å². The Kier molecular flexibility index (Phi) is 7.44. The van der Waals surface area contributed by atoms with Crippen LogP contribution in [0.25, 0.3) is 0 Å². The summed E-state index contributed by atoms with van der Waals surface area (Å²) in [7, 11) is -3.53. The van der Waals surface area contributed by atoms with E-state index in [1.807, 2.05) is 43.0 Å². The Bertz CT molecular complexity index is 1040. The lowest BCUT2D eigenvalue weighted by molar-refractivity contribution is -0.120. The molecule has 164 valence electrons. The second-order valence-electron chi connectivity index (χ2n) is 7.78. The third-order valence-electron chi connectivity index (χ3n) is 5.44. The zero-order valence-corrected chi connectivity index (χ0v) is 18.8. The van der Waals surface area contributed by atoms with Gasteiger partial charge in [0.15, 0.2) is 0 Å². The van der Waals surface area contributed by atoms with Gasteiger partial charge in [-0.25, -0.2) is 8.42 Å². The highest BCUT2D eigenvalue weighted by Gasteiger charge is 2.29. The van der Waals surface area contributed by atoms with Crippen molar-refractivity contribution in [2.75, 3.05) is 44.2 Å². The molecule has 31 heavy (non-hydrogen) atoms. The van der Waals surface area contributed by atoms with E-state index in [9.17, 15) is 13.2 Å². The minimum Gasteiger partial charge on any atom is -0.310 e. The summed E-state index contributed by atoms with van der Waals surface area (Å²) in [6.07, 6.45) is 0.252. The number of hydrogen-bond donors (Lipinski definition) is 0. The summed E-state index contributed by atoms with van der Waals surface area (Å²) in [5.74, 6) is -0.0889. The first-order chi connectivity index (χ1) is 14.8. The van der Waals surface area contributed by atoms with Crippen molar-refractivity contribution in [3.8, 4) is 6.07 Å². The van der Waals surface area contributed by atoms with Crippen LogP contribution in [-0.2, 0) is 14.8 Å². The summed E-state index contributed by atoms with van der Waals surface area (Å²) in [6.45, 7) is 6.07. The minimum atomic E-state index is -3.53. The summed E-state index contributed by atoms with van der Waals surface area (Å²) >= 11 is 0. The van der Waals surface area contributed by atoms with E-state index in [0.717, 1.165) is 16.8 Å². The maximum Gasteiger partial charge on any atom is 0.243 e. The highest BCUT2D eigenvalue weighted by atomic mass is 32.2. The van der Waals surface area contributed by atoms with E-state index in [-0.39, 0.29) is 18.9 Å². The van der Waals surface area contributed by atoms with Crippen LogP contribution in [0.5, 0.6) is 0 Å². The monoisotopic (exact) mass is 440 g/mol. The lowest BCUT2D eigenvalue weighted by Gasteiger charge is -2.34. The third-order valence-corrected chi connectivity index (χ3v) is 7.36. The van der Waals surface area contributed by atoms with E-state index in [1.165, 1.54) is 4.31 Å². The van der Waals surface area contributed by atoms with Gasteiger partial charge in [-0.1, -0.05) is 35.4 Å². The van der Waals surface area contributed by atoms with Crippen molar-refractivity contribution in [3.05, 3.63) is 59.7 Å². The van der Waals surface area contributed by atoms with Crippen molar-refractivity contribution in [1.82, 2.24) is 9.21 Å². The first-order valence-electron chi connectivity index (χ1n) is 10.3. The van der Waals surface area contributed by atoms with E-state index >= 15 is 0 Å². The highest BCUT2D eigenvalue weighted by Crippen LogP contribution is 2.19. The summed E-state index contributed by atoms with van der Waals surface area (Å²) in [5, 5.41) is 8.96. The number of benzene rings is 2. The van der Waals surface area contributed by atoms with E-state index in [0.29, 0.717) is 37.6 Å². The van der Waals surface area contributed by atoms with Gasteiger partial charge in [0, 0.05) is 38.4 Å². The molecule has 0 aliphatic carbocycles. The number of nitriles is 1. The number of sulfonamides is 1. The quantitative estimate of drug-likeness (QED) is 0.661. The molecule has 1 saturated heterocycles. The highest BCUT2D eigenvalue weighted by molar-refractivity contribution is 7.89. The Balaban J connectivity index is 1.62. The smallest absolute Gasteiger partial charge is 0.243 e. The molecular weight excluding hydrogens is 412 g/mol. The van der Waals surface area contributed by atoms with Crippen LogP contribution in [0.1, 0.15) is 17.5 Å². The fourth-order valence-electron chi connectivity index (χ4n) is 3.55. The van der Waals surface area contributed by atoms with Gasteiger partial charge in [0.1, 0.15) is 0 Å². The molecule has 0 saturated carbocycles. The number of amides is 1. The molecule has 7 nitrogen and oxygen atoms in total. The van der Waals surface area contributed by atoms with Gasteiger partial charge in [-0.05, 0) is 38.1 Å². The van der Waals surface area contributed by atoms with Crippen LogP contribution in [-0.4, -0.2) is 62.8 Å². The van der Waals surface area contributed by atoms with E-state index in [4.69, 9.17) is 5.26 Å². The standard InChI is InChI=1S/C23H28N4O3S/c1-19-4-8-21(9-5-19)27(13-3-12-24)23(28)18-25-14-16-26(17-15-25)31(29,30)22-10-6-20(2)7-11-22/h4-11H,3,13-18H2,1-2H3. The second-order valence-corrected chi connectivity index (χ2v) is 9.72. The average molecular weight is 441 g/mol. The number of nitrogens with zero attached hydrogens (tertiary/aromatic N) is 4. The Morgan fingerprint density at radius 3 is 2.06 bits per heavy atom. The molecule has 2 aromatic rings. The molecule has 1 aliphatic rings. The van der Waals surface area contributed by atoms with Crippen LogP contribution >= 0.6 is 0 Å². The van der Waals surface area contributed by atoms with Gasteiger partial charge < -0.3 is 4.90 Å². The molecule has 1 aliphatic heterocycles. The van der Waals surface area contributed by atoms with Crippen LogP contribution in [0.15, 0.2) is 53.4 Å². The molecule has 0 radical (unpaired) electrons. The molecule has 0 aromatic heterocycles. The average Bonchev–Trinajstić information content (AvgIpc) is 2.76. The molecule has 0 unspecified atom stereocenters.